The first-order chi connectivity index (χ1) is 19.5. The Bertz CT molecular complexity index is 948. The van der Waals surface area contributed by atoms with Gasteiger partial charge in [0.05, 0.1) is 19.8 Å². The van der Waals surface area contributed by atoms with Crippen molar-refractivity contribution in [2.24, 2.45) is 0 Å². The van der Waals surface area contributed by atoms with Gasteiger partial charge in [0.1, 0.15) is 5.75 Å². The summed E-state index contributed by atoms with van der Waals surface area (Å²) in [4.78, 5) is 25.0. The van der Waals surface area contributed by atoms with Crippen LogP contribution in [0.3, 0.4) is 0 Å². The molecule has 0 aliphatic heterocycles. The molecule has 6 heteroatoms. The Kier molecular flexibility index (Phi) is 17.5. The summed E-state index contributed by atoms with van der Waals surface area (Å²) < 4.78 is 10.6. The van der Waals surface area contributed by atoms with E-state index in [9.17, 15) is 14.7 Å². The van der Waals surface area contributed by atoms with Crippen molar-refractivity contribution in [2.45, 2.75) is 115 Å². The number of esters is 1. The first kappa shape index (κ1) is 33.3. The third kappa shape index (κ3) is 14.0. The van der Waals surface area contributed by atoms with Crippen molar-refractivity contribution < 1.29 is 24.2 Å². The molecular formula is C34H51NO5. The van der Waals surface area contributed by atoms with Gasteiger partial charge >= 0.3 is 5.97 Å². The zero-order valence-corrected chi connectivity index (χ0v) is 24.7. The highest BCUT2D eigenvalue weighted by Crippen LogP contribution is 2.17. The molecular weight excluding hydrogens is 502 g/mol. The first-order valence-corrected chi connectivity index (χ1v) is 15.4. The molecule has 0 heterocycles. The van der Waals surface area contributed by atoms with Crippen LogP contribution in [-0.4, -0.2) is 42.8 Å². The van der Waals surface area contributed by atoms with Crippen molar-refractivity contribution in [1.82, 2.24) is 5.32 Å². The molecule has 0 aliphatic carbocycles. The molecule has 2 aromatic carbocycles. The van der Waals surface area contributed by atoms with Crippen molar-refractivity contribution in [3.8, 4) is 5.75 Å². The Balaban J connectivity index is 1.66. The number of unbranched alkanes of at least 4 members (excludes halogenated alkanes) is 13. The second-order valence-electron chi connectivity index (χ2n) is 10.7. The summed E-state index contributed by atoms with van der Waals surface area (Å²) in [5, 5.41) is 13.3. The minimum Gasteiger partial charge on any atom is -0.494 e. The van der Waals surface area contributed by atoms with Gasteiger partial charge in [0.15, 0.2) is 6.10 Å². The molecule has 2 rings (SSSR count). The number of aliphatic hydroxyl groups excluding tert-OH is 1. The Morgan fingerprint density at radius 3 is 1.93 bits per heavy atom. The summed E-state index contributed by atoms with van der Waals surface area (Å²) in [5.41, 5.74) is 1.30. The average Bonchev–Trinajstić information content (AvgIpc) is 2.98. The Morgan fingerprint density at radius 1 is 0.775 bits per heavy atom. The maximum absolute atomic E-state index is 13.0. The van der Waals surface area contributed by atoms with Crippen LogP contribution in [0.25, 0.3) is 0 Å². The van der Waals surface area contributed by atoms with Crippen LogP contribution in [0.5, 0.6) is 5.75 Å². The molecule has 0 fully saturated rings. The molecule has 0 aromatic heterocycles. The summed E-state index contributed by atoms with van der Waals surface area (Å²) in [6.07, 6.45) is 17.2. The van der Waals surface area contributed by atoms with Crippen molar-refractivity contribution in [2.75, 3.05) is 13.7 Å². The van der Waals surface area contributed by atoms with E-state index in [0.717, 1.165) is 18.4 Å². The van der Waals surface area contributed by atoms with Gasteiger partial charge in [-0.15, -0.1) is 0 Å². The average molecular weight is 554 g/mol. The minimum atomic E-state index is -1.48. The fraction of sp³-hybridized carbons (Fsp3) is 0.588. The molecule has 1 amide bonds. The molecule has 2 N–H and O–H groups in total. The number of aliphatic hydroxyl groups is 1. The molecule has 40 heavy (non-hydrogen) atoms. The van der Waals surface area contributed by atoms with E-state index in [1.165, 1.54) is 84.2 Å². The van der Waals surface area contributed by atoms with Crippen LogP contribution in [0.2, 0.25) is 0 Å². The summed E-state index contributed by atoms with van der Waals surface area (Å²) in [6.45, 7) is 2.88. The summed E-state index contributed by atoms with van der Waals surface area (Å²) in [6, 6.07) is 15.6. The summed E-state index contributed by atoms with van der Waals surface area (Å²) in [5.74, 6) is -0.534. The van der Waals surface area contributed by atoms with Crippen molar-refractivity contribution in [3.63, 3.8) is 0 Å². The highest BCUT2D eigenvalue weighted by atomic mass is 16.5. The number of nitrogens with one attached hydrogen (secondary N) is 1. The number of carbonyl (C=O) groups excluding carboxylic acids is 2. The van der Waals surface area contributed by atoms with Crippen molar-refractivity contribution in [3.05, 3.63) is 65.7 Å². The van der Waals surface area contributed by atoms with Gasteiger partial charge in [0, 0.05) is 5.56 Å². The summed E-state index contributed by atoms with van der Waals surface area (Å²) in [7, 11) is 1.21. The number of hydrogen-bond acceptors (Lipinski definition) is 5. The first-order valence-electron chi connectivity index (χ1n) is 15.4. The zero-order valence-electron chi connectivity index (χ0n) is 24.7. The highest BCUT2D eigenvalue weighted by molar-refractivity contribution is 5.95. The monoisotopic (exact) mass is 553 g/mol. The molecule has 0 saturated carbocycles. The second kappa shape index (κ2) is 21.0. The molecule has 0 radical (unpaired) electrons. The molecule has 0 bridgehead atoms. The van der Waals surface area contributed by atoms with E-state index in [4.69, 9.17) is 9.47 Å². The van der Waals surface area contributed by atoms with Crippen LogP contribution in [-0.2, 0) is 16.0 Å². The molecule has 0 aliphatic rings. The molecule has 0 saturated heterocycles. The van der Waals surface area contributed by atoms with Crippen molar-refractivity contribution in [1.29, 1.82) is 0 Å². The van der Waals surface area contributed by atoms with Gasteiger partial charge in [-0.3, -0.25) is 4.79 Å². The molecule has 6 nitrogen and oxygen atoms in total. The van der Waals surface area contributed by atoms with E-state index >= 15 is 0 Å². The largest absolute Gasteiger partial charge is 0.494 e. The molecule has 0 unspecified atom stereocenters. The Labute approximate surface area is 241 Å². The number of hydrogen-bond donors (Lipinski definition) is 2. The zero-order chi connectivity index (χ0) is 28.8. The predicted octanol–water partition coefficient (Wildman–Crippen LogP) is 7.42. The fourth-order valence-corrected chi connectivity index (χ4v) is 4.86. The van der Waals surface area contributed by atoms with Gasteiger partial charge in [0.2, 0.25) is 0 Å². The predicted molar refractivity (Wildman–Crippen MR) is 162 cm³/mol. The lowest BCUT2D eigenvalue weighted by Crippen LogP contribution is -2.48. The van der Waals surface area contributed by atoms with Gasteiger partial charge in [0.25, 0.3) is 5.91 Å². The molecule has 222 valence electrons. The van der Waals surface area contributed by atoms with E-state index in [1.807, 2.05) is 36.4 Å². The normalized spacial score (nSPS) is 12.5. The van der Waals surface area contributed by atoms with Gasteiger partial charge < -0.3 is 19.9 Å². The van der Waals surface area contributed by atoms with Gasteiger partial charge in [-0.25, -0.2) is 4.79 Å². The van der Waals surface area contributed by atoms with Gasteiger partial charge in [-0.05, 0) is 36.6 Å². The van der Waals surface area contributed by atoms with E-state index in [1.54, 1.807) is 18.2 Å². The Morgan fingerprint density at radius 2 is 1.35 bits per heavy atom. The number of ether oxygens (including phenoxy) is 2. The second-order valence-corrected chi connectivity index (χ2v) is 10.7. The van der Waals surface area contributed by atoms with Gasteiger partial charge in [-0.2, -0.15) is 0 Å². The van der Waals surface area contributed by atoms with Crippen LogP contribution >= 0.6 is 0 Å². The van der Waals surface area contributed by atoms with Crippen LogP contribution in [0, 0.1) is 0 Å². The maximum atomic E-state index is 13.0. The maximum Gasteiger partial charge on any atom is 0.336 e. The quantitative estimate of drug-likeness (QED) is 0.117. The highest BCUT2D eigenvalue weighted by Gasteiger charge is 2.29. The van der Waals surface area contributed by atoms with Gasteiger partial charge in [-0.1, -0.05) is 127 Å². The van der Waals surface area contributed by atoms with E-state index in [0.29, 0.717) is 17.9 Å². The topological polar surface area (TPSA) is 84.9 Å². The smallest absolute Gasteiger partial charge is 0.336 e. The number of carbonyl (C=O) groups is 2. The lowest BCUT2D eigenvalue weighted by molar-refractivity contribution is -0.151. The van der Waals surface area contributed by atoms with E-state index < -0.39 is 18.1 Å². The third-order valence-corrected chi connectivity index (χ3v) is 7.30. The van der Waals surface area contributed by atoms with Crippen LogP contribution in [0.15, 0.2) is 54.6 Å². The number of amides is 1. The molecule has 2 aromatic rings. The third-order valence-electron chi connectivity index (χ3n) is 7.30. The molecule has 0 spiro atoms. The van der Waals surface area contributed by atoms with Crippen LogP contribution < -0.4 is 10.1 Å². The standard InChI is InChI=1S/C34H51NO5/c1-3-4-5-6-7-8-9-10-11-12-13-14-15-19-25-40-30-24-20-23-29(27-30)33(37)35-31(32(36)34(38)39-2)26-28-21-17-16-18-22-28/h16-18,20-24,27,31-32,36H,3-15,19,25-26H2,1-2H3,(H,35,37)/t31-,32-/m0/s1. The number of methoxy groups -OCH3 is 1. The lowest BCUT2D eigenvalue weighted by atomic mass is 10.0. The van der Waals surface area contributed by atoms with E-state index in [2.05, 4.69) is 12.2 Å². The Hall–Kier alpha value is -2.86. The van der Waals surface area contributed by atoms with Crippen molar-refractivity contribution >= 4 is 11.9 Å². The SMILES string of the molecule is CCCCCCCCCCCCCCCCOc1cccc(C(=O)N[C@@H](Cc2ccccc2)[C@H](O)C(=O)OC)c1. The molecule has 2 atom stereocenters. The fourth-order valence-electron chi connectivity index (χ4n) is 4.86. The number of benzene rings is 2. The lowest BCUT2D eigenvalue weighted by Gasteiger charge is -2.23. The minimum absolute atomic E-state index is 0.290. The van der Waals surface area contributed by atoms with Crippen LogP contribution in [0.4, 0.5) is 0 Å². The van der Waals surface area contributed by atoms with E-state index in [-0.39, 0.29) is 12.3 Å². The summed E-state index contributed by atoms with van der Waals surface area (Å²) >= 11 is 0. The number of rotatable bonds is 22. The van der Waals surface area contributed by atoms with Crippen LogP contribution in [0.1, 0.15) is 113 Å².